The normalized spacial score (nSPS) is 31.0. The Hall–Kier alpha value is -0.770. The van der Waals surface area contributed by atoms with Crippen molar-refractivity contribution in [2.45, 2.75) is 44.6 Å². The highest BCUT2D eigenvalue weighted by atomic mass is 16.3. The van der Waals surface area contributed by atoms with Crippen LogP contribution >= 0.6 is 0 Å². The Morgan fingerprint density at radius 1 is 1.47 bits per heavy atom. The first-order chi connectivity index (χ1) is 7.09. The van der Waals surface area contributed by atoms with E-state index in [1.54, 1.807) is 7.05 Å². The lowest BCUT2D eigenvalue weighted by Gasteiger charge is -2.35. The van der Waals surface area contributed by atoms with Gasteiger partial charge in [0.05, 0.1) is 5.60 Å². The molecule has 0 spiro atoms. The van der Waals surface area contributed by atoms with Crippen molar-refractivity contribution in [1.82, 2.24) is 10.6 Å². The Balaban J connectivity index is 2.31. The van der Waals surface area contributed by atoms with Gasteiger partial charge in [-0.15, -0.1) is 0 Å². The second kappa shape index (κ2) is 5.35. The fraction of sp³-hybridized carbons (Fsp3) is 0.909. The maximum atomic E-state index is 11.0. The first-order valence-corrected chi connectivity index (χ1v) is 5.77. The van der Waals surface area contributed by atoms with Crippen LogP contribution < -0.4 is 10.6 Å². The van der Waals surface area contributed by atoms with E-state index in [1.165, 1.54) is 6.42 Å². The third-order valence-corrected chi connectivity index (χ3v) is 3.42. The lowest BCUT2D eigenvalue weighted by molar-refractivity contribution is -0.00638. The average molecular weight is 214 g/mol. The lowest BCUT2D eigenvalue weighted by atomic mass is 9.78. The van der Waals surface area contributed by atoms with E-state index in [-0.39, 0.29) is 6.03 Å². The Kier molecular flexibility index (Phi) is 4.39. The second-order valence-corrected chi connectivity index (χ2v) is 4.51. The number of amides is 2. The molecule has 0 atom stereocenters. The molecule has 0 aromatic rings. The van der Waals surface area contributed by atoms with Crippen LogP contribution in [-0.4, -0.2) is 30.3 Å². The molecule has 0 aliphatic heterocycles. The summed E-state index contributed by atoms with van der Waals surface area (Å²) in [5.41, 5.74) is -0.682. The van der Waals surface area contributed by atoms with Crippen molar-refractivity contribution >= 4 is 6.03 Å². The minimum Gasteiger partial charge on any atom is -0.388 e. The standard InChI is InChI=1S/C11H22N2O2/c1-3-9-4-6-11(15,7-5-9)8-13-10(14)12-2/h9,15H,3-8H2,1-2H3,(H2,12,13,14). The summed E-state index contributed by atoms with van der Waals surface area (Å²) in [6.45, 7) is 2.56. The predicted molar refractivity (Wildman–Crippen MR) is 59.7 cm³/mol. The smallest absolute Gasteiger partial charge is 0.314 e. The molecule has 1 aliphatic rings. The summed E-state index contributed by atoms with van der Waals surface area (Å²) in [4.78, 5) is 11.0. The van der Waals surface area contributed by atoms with E-state index in [1.807, 2.05) is 0 Å². The zero-order chi connectivity index (χ0) is 11.3. The van der Waals surface area contributed by atoms with Crippen LogP contribution in [0.2, 0.25) is 0 Å². The monoisotopic (exact) mass is 214 g/mol. The number of rotatable bonds is 3. The van der Waals surface area contributed by atoms with E-state index in [0.717, 1.165) is 31.6 Å². The molecule has 4 heteroatoms. The van der Waals surface area contributed by atoms with Gasteiger partial charge < -0.3 is 15.7 Å². The van der Waals surface area contributed by atoms with Crippen LogP contribution in [-0.2, 0) is 0 Å². The highest BCUT2D eigenvalue weighted by molar-refractivity contribution is 5.73. The van der Waals surface area contributed by atoms with Gasteiger partial charge in [-0.3, -0.25) is 0 Å². The van der Waals surface area contributed by atoms with E-state index in [2.05, 4.69) is 17.6 Å². The number of hydrogen-bond acceptors (Lipinski definition) is 2. The van der Waals surface area contributed by atoms with Crippen LogP contribution in [0.15, 0.2) is 0 Å². The molecule has 0 aromatic carbocycles. The third kappa shape index (κ3) is 3.70. The van der Waals surface area contributed by atoms with Gasteiger partial charge in [0.15, 0.2) is 0 Å². The molecule has 4 nitrogen and oxygen atoms in total. The Morgan fingerprint density at radius 3 is 2.53 bits per heavy atom. The molecule has 88 valence electrons. The van der Waals surface area contributed by atoms with Gasteiger partial charge in [-0.25, -0.2) is 4.79 Å². The van der Waals surface area contributed by atoms with E-state index in [9.17, 15) is 9.90 Å². The van der Waals surface area contributed by atoms with Crippen LogP contribution in [0.4, 0.5) is 4.79 Å². The second-order valence-electron chi connectivity index (χ2n) is 4.51. The van der Waals surface area contributed by atoms with Crippen LogP contribution in [0.5, 0.6) is 0 Å². The highest BCUT2D eigenvalue weighted by Crippen LogP contribution is 2.33. The number of aliphatic hydroxyl groups is 1. The first-order valence-electron chi connectivity index (χ1n) is 5.77. The minimum atomic E-state index is -0.682. The van der Waals surface area contributed by atoms with Crippen LogP contribution in [0.1, 0.15) is 39.0 Å². The van der Waals surface area contributed by atoms with Gasteiger partial charge in [0.1, 0.15) is 0 Å². The Morgan fingerprint density at radius 2 is 2.07 bits per heavy atom. The van der Waals surface area contributed by atoms with E-state index >= 15 is 0 Å². The average Bonchev–Trinajstić information content (AvgIpc) is 2.27. The van der Waals surface area contributed by atoms with Crippen LogP contribution in [0.3, 0.4) is 0 Å². The molecule has 1 saturated carbocycles. The number of urea groups is 1. The Bertz CT molecular complexity index is 211. The molecular weight excluding hydrogens is 192 g/mol. The number of carbonyl (C=O) groups excluding carboxylic acids is 1. The number of nitrogens with one attached hydrogen (secondary N) is 2. The van der Waals surface area contributed by atoms with Gasteiger partial charge in [0, 0.05) is 13.6 Å². The van der Waals surface area contributed by atoms with Gasteiger partial charge in [-0.05, 0) is 31.6 Å². The first kappa shape index (κ1) is 12.3. The molecule has 1 fully saturated rings. The number of hydrogen-bond donors (Lipinski definition) is 3. The summed E-state index contributed by atoms with van der Waals surface area (Å²) in [6, 6.07) is -0.221. The molecule has 2 amide bonds. The van der Waals surface area contributed by atoms with Gasteiger partial charge >= 0.3 is 6.03 Å². The molecule has 0 unspecified atom stereocenters. The maximum absolute atomic E-state index is 11.0. The molecule has 1 rings (SSSR count). The van der Waals surface area contributed by atoms with Crippen molar-refractivity contribution in [1.29, 1.82) is 0 Å². The molecule has 0 radical (unpaired) electrons. The molecule has 15 heavy (non-hydrogen) atoms. The fourth-order valence-electron chi connectivity index (χ4n) is 2.13. The molecule has 3 N–H and O–H groups in total. The van der Waals surface area contributed by atoms with Crippen molar-refractivity contribution in [3.8, 4) is 0 Å². The topological polar surface area (TPSA) is 61.4 Å². The number of carbonyl (C=O) groups is 1. The van der Waals surface area contributed by atoms with Crippen molar-refractivity contribution in [3.05, 3.63) is 0 Å². The van der Waals surface area contributed by atoms with Crippen molar-refractivity contribution < 1.29 is 9.90 Å². The molecular formula is C11H22N2O2. The van der Waals surface area contributed by atoms with Crippen molar-refractivity contribution in [2.24, 2.45) is 5.92 Å². The van der Waals surface area contributed by atoms with E-state index in [4.69, 9.17) is 0 Å². The van der Waals surface area contributed by atoms with Crippen molar-refractivity contribution in [2.75, 3.05) is 13.6 Å². The summed E-state index contributed by atoms with van der Waals surface area (Å²) in [5, 5.41) is 15.3. The molecule has 0 bridgehead atoms. The third-order valence-electron chi connectivity index (χ3n) is 3.42. The summed E-state index contributed by atoms with van der Waals surface area (Å²) < 4.78 is 0. The van der Waals surface area contributed by atoms with E-state index in [0.29, 0.717) is 6.54 Å². The molecule has 0 aromatic heterocycles. The lowest BCUT2D eigenvalue weighted by Crippen LogP contribution is -2.47. The minimum absolute atomic E-state index is 0.221. The van der Waals surface area contributed by atoms with E-state index < -0.39 is 5.60 Å². The van der Waals surface area contributed by atoms with Gasteiger partial charge in [0.2, 0.25) is 0 Å². The Labute approximate surface area is 91.4 Å². The molecule has 0 saturated heterocycles. The summed E-state index contributed by atoms with van der Waals surface area (Å²) in [6.07, 6.45) is 4.94. The molecule has 0 heterocycles. The summed E-state index contributed by atoms with van der Waals surface area (Å²) in [5.74, 6) is 0.755. The molecule has 1 aliphatic carbocycles. The van der Waals surface area contributed by atoms with Gasteiger partial charge in [0.25, 0.3) is 0 Å². The van der Waals surface area contributed by atoms with Gasteiger partial charge in [-0.1, -0.05) is 13.3 Å². The van der Waals surface area contributed by atoms with Gasteiger partial charge in [-0.2, -0.15) is 0 Å². The van der Waals surface area contributed by atoms with Crippen LogP contribution in [0.25, 0.3) is 0 Å². The summed E-state index contributed by atoms with van der Waals surface area (Å²) in [7, 11) is 1.58. The zero-order valence-corrected chi connectivity index (χ0v) is 9.68. The quantitative estimate of drug-likeness (QED) is 0.662. The summed E-state index contributed by atoms with van der Waals surface area (Å²) >= 11 is 0. The van der Waals surface area contributed by atoms with Crippen LogP contribution in [0, 0.1) is 5.92 Å². The SMILES string of the molecule is CCC1CCC(O)(CNC(=O)NC)CC1. The fourth-order valence-corrected chi connectivity index (χ4v) is 2.13. The maximum Gasteiger partial charge on any atom is 0.314 e. The predicted octanol–water partition coefficient (Wildman–Crippen LogP) is 1.25. The largest absolute Gasteiger partial charge is 0.388 e. The highest BCUT2D eigenvalue weighted by Gasteiger charge is 2.32. The van der Waals surface area contributed by atoms with Crippen molar-refractivity contribution in [3.63, 3.8) is 0 Å². The zero-order valence-electron chi connectivity index (χ0n) is 9.68.